The van der Waals surface area contributed by atoms with Gasteiger partial charge in [-0.3, -0.25) is 4.79 Å². The zero-order valence-electron chi connectivity index (χ0n) is 15.9. The smallest absolute Gasteiger partial charge is 0.358 e. The second-order valence-corrected chi connectivity index (χ2v) is 7.96. The molecule has 13 heteroatoms. The number of nitrogens with zero attached hydrogens (tertiary/aromatic N) is 5. The van der Waals surface area contributed by atoms with Crippen molar-refractivity contribution in [2.75, 3.05) is 10.0 Å². The summed E-state index contributed by atoms with van der Waals surface area (Å²) in [7, 11) is -3.91. The minimum absolute atomic E-state index is 0.0294. The molecule has 0 atom stereocenters. The van der Waals surface area contributed by atoms with Crippen LogP contribution in [0.2, 0.25) is 0 Å². The van der Waals surface area contributed by atoms with Gasteiger partial charge in [0.05, 0.1) is 22.3 Å². The molecule has 0 fully saturated rings. The number of hydrogen-bond acceptors (Lipinski definition) is 8. The van der Waals surface area contributed by atoms with Gasteiger partial charge in [-0.1, -0.05) is 0 Å². The van der Waals surface area contributed by atoms with Gasteiger partial charge in [0, 0.05) is 17.1 Å². The first-order valence-electron chi connectivity index (χ1n) is 8.55. The fraction of sp³-hybridized carbons (Fsp3) is 0.176. The van der Waals surface area contributed by atoms with Gasteiger partial charge in [-0.05, 0) is 49.1 Å². The molecule has 2 heterocycles. The summed E-state index contributed by atoms with van der Waals surface area (Å²) in [5, 5.41) is 16.8. The topological polar surface area (TPSA) is 162 Å². The van der Waals surface area contributed by atoms with Gasteiger partial charge in [0.15, 0.2) is 0 Å². The van der Waals surface area contributed by atoms with Crippen LogP contribution >= 0.6 is 0 Å². The number of aryl methyl sites for hydroxylation is 2. The molecule has 0 saturated carbocycles. The van der Waals surface area contributed by atoms with Crippen LogP contribution in [-0.4, -0.2) is 39.0 Å². The number of sulfonamides is 1. The van der Waals surface area contributed by atoms with Crippen molar-refractivity contribution >= 4 is 33.4 Å². The normalized spacial score (nSPS) is 11.1. The Morgan fingerprint density at radius 1 is 1.13 bits per heavy atom. The molecule has 3 rings (SSSR count). The number of rotatable bonds is 7. The van der Waals surface area contributed by atoms with E-state index < -0.39 is 20.9 Å². The lowest BCUT2D eigenvalue weighted by atomic mass is 10.3. The predicted molar refractivity (Wildman–Crippen MR) is 106 cm³/mol. The highest BCUT2D eigenvalue weighted by molar-refractivity contribution is 7.92. The molecule has 0 unspecified atom stereocenters. The number of carbonyl (C=O) groups is 1. The lowest BCUT2D eigenvalue weighted by molar-refractivity contribution is -0.389. The van der Waals surface area contributed by atoms with Crippen LogP contribution in [-0.2, 0) is 21.4 Å². The molecule has 2 N–H and O–H groups in total. The van der Waals surface area contributed by atoms with E-state index in [1.165, 1.54) is 36.5 Å². The molecule has 2 aromatic heterocycles. The van der Waals surface area contributed by atoms with Crippen molar-refractivity contribution in [3.8, 4) is 0 Å². The van der Waals surface area contributed by atoms with Gasteiger partial charge in [0.1, 0.15) is 6.54 Å². The standard InChI is InChI=1S/C17H17N7O5S/c1-11-9-12(2)19-17(18-11)22-30(28,29)14-5-3-13(4-6-14)20-16(25)10-23-8-7-15(21-23)24(26)27/h3-9H,10H2,1-2H3,(H,20,25)(H,18,19,22). The van der Waals surface area contributed by atoms with Crippen LogP contribution in [0, 0.1) is 24.0 Å². The Kier molecular flexibility index (Phi) is 5.73. The molecule has 30 heavy (non-hydrogen) atoms. The molecule has 1 amide bonds. The predicted octanol–water partition coefficient (Wildman–Crippen LogP) is 1.64. The quantitative estimate of drug-likeness (QED) is 0.421. The Morgan fingerprint density at radius 2 is 1.77 bits per heavy atom. The lowest BCUT2D eigenvalue weighted by Gasteiger charge is -2.09. The second-order valence-electron chi connectivity index (χ2n) is 6.28. The van der Waals surface area contributed by atoms with Gasteiger partial charge in [-0.25, -0.2) is 23.1 Å². The Bertz CT molecular complexity index is 1190. The van der Waals surface area contributed by atoms with Crippen molar-refractivity contribution < 1.29 is 18.1 Å². The van der Waals surface area contributed by atoms with Crippen LogP contribution in [0.25, 0.3) is 0 Å². The van der Waals surface area contributed by atoms with Gasteiger partial charge in [-0.15, -0.1) is 0 Å². The van der Waals surface area contributed by atoms with Crippen LogP contribution in [0.5, 0.6) is 0 Å². The van der Waals surface area contributed by atoms with Crippen molar-refractivity contribution in [3.63, 3.8) is 0 Å². The third-order valence-corrected chi connectivity index (χ3v) is 5.12. The summed E-state index contributed by atoms with van der Waals surface area (Å²) in [5.74, 6) is -0.874. The molecule has 1 aromatic carbocycles. The number of anilines is 2. The molecule has 0 radical (unpaired) electrons. The summed E-state index contributed by atoms with van der Waals surface area (Å²) in [4.78, 5) is 30.1. The van der Waals surface area contributed by atoms with Crippen molar-refractivity contribution in [2.24, 2.45) is 0 Å². The molecule has 0 aliphatic carbocycles. The molecule has 0 aliphatic rings. The number of hydrogen-bond donors (Lipinski definition) is 2. The van der Waals surface area contributed by atoms with Crippen LogP contribution in [0.15, 0.2) is 47.5 Å². The van der Waals surface area contributed by atoms with Crippen molar-refractivity contribution in [1.82, 2.24) is 19.7 Å². The molecule has 3 aromatic rings. The number of benzene rings is 1. The fourth-order valence-electron chi connectivity index (χ4n) is 2.55. The summed E-state index contributed by atoms with van der Waals surface area (Å²) >= 11 is 0. The second kappa shape index (κ2) is 8.24. The van der Waals surface area contributed by atoms with E-state index in [2.05, 4.69) is 25.1 Å². The maximum atomic E-state index is 12.5. The van der Waals surface area contributed by atoms with Gasteiger partial charge in [-0.2, -0.15) is 4.68 Å². The first kappa shape index (κ1) is 20.9. The summed E-state index contributed by atoms with van der Waals surface area (Å²) in [5.41, 5.74) is 1.60. The van der Waals surface area contributed by atoms with E-state index in [9.17, 15) is 23.3 Å². The highest BCUT2D eigenvalue weighted by Gasteiger charge is 2.17. The van der Waals surface area contributed by atoms with E-state index >= 15 is 0 Å². The lowest BCUT2D eigenvalue weighted by Crippen LogP contribution is -2.19. The highest BCUT2D eigenvalue weighted by Crippen LogP contribution is 2.17. The number of nitrogens with one attached hydrogen (secondary N) is 2. The number of carbonyl (C=O) groups excluding carboxylic acids is 1. The molecule has 0 saturated heterocycles. The SMILES string of the molecule is Cc1cc(C)nc(NS(=O)(=O)c2ccc(NC(=O)Cn3ccc([N+](=O)[O-])n3)cc2)n1. The first-order chi connectivity index (χ1) is 14.1. The molecule has 0 bridgehead atoms. The molecule has 156 valence electrons. The van der Waals surface area contributed by atoms with E-state index in [0.29, 0.717) is 17.1 Å². The van der Waals surface area contributed by atoms with E-state index in [0.717, 1.165) is 4.68 Å². The average Bonchev–Trinajstić information content (AvgIpc) is 3.09. The minimum atomic E-state index is -3.91. The minimum Gasteiger partial charge on any atom is -0.358 e. The maximum absolute atomic E-state index is 12.5. The van der Waals surface area contributed by atoms with Crippen molar-refractivity contribution in [3.05, 3.63) is 64.1 Å². The maximum Gasteiger partial charge on any atom is 0.389 e. The number of amides is 1. The van der Waals surface area contributed by atoms with Gasteiger partial charge >= 0.3 is 5.82 Å². The molecular formula is C17H17N7O5S. The van der Waals surface area contributed by atoms with Crippen LogP contribution < -0.4 is 10.0 Å². The number of aromatic nitrogens is 4. The van der Waals surface area contributed by atoms with Crippen LogP contribution in [0.4, 0.5) is 17.5 Å². The van der Waals surface area contributed by atoms with E-state index in [1.54, 1.807) is 19.9 Å². The van der Waals surface area contributed by atoms with Gasteiger partial charge in [0.2, 0.25) is 11.9 Å². The van der Waals surface area contributed by atoms with Crippen molar-refractivity contribution in [1.29, 1.82) is 0 Å². The average molecular weight is 431 g/mol. The van der Waals surface area contributed by atoms with E-state index in [4.69, 9.17) is 0 Å². The zero-order chi connectivity index (χ0) is 21.9. The molecule has 0 spiro atoms. The van der Waals surface area contributed by atoms with Gasteiger partial charge in [0.25, 0.3) is 10.0 Å². The Hall–Kier alpha value is -3.87. The largest absolute Gasteiger partial charge is 0.389 e. The highest BCUT2D eigenvalue weighted by atomic mass is 32.2. The Morgan fingerprint density at radius 3 is 2.33 bits per heavy atom. The Labute approximate surface area is 171 Å². The first-order valence-corrected chi connectivity index (χ1v) is 10.0. The van der Waals surface area contributed by atoms with E-state index in [-0.39, 0.29) is 23.2 Å². The molecule has 0 aliphatic heterocycles. The molecular weight excluding hydrogens is 414 g/mol. The molecule has 12 nitrogen and oxygen atoms in total. The van der Waals surface area contributed by atoms with Crippen molar-refractivity contribution in [2.45, 2.75) is 25.3 Å². The van der Waals surface area contributed by atoms with E-state index in [1.807, 2.05) is 0 Å². The van der Waals surface area contributed by atoms with Crippen LogP contribution in [0.3, 0.4) is 0 Å². The van der Waals surface area contributed by atoms with Gasteiger partial charge < -0.3 is 15.4 Å². The number of nitro groups is 1. The summed E-state index contributed by atoms with van der Waals surface area (Å²) in [6.07, 6.45) is 1.31. The Balaban J connectivity index is 1.66. The fourth-order valence-corrected chi connectivity index (χ4v) is 3.50. The summed E-state index contributed by atoms with van der Waals surface area (Å²) < 4.78 is 28.5. The monoisotopic (exact) mass is 431 g/mol. The third-order valence-electron chi connectivity index (χ3n) is 3.78. The third kappa shape index (κ3) is 5.14. The summed E-state index contributed by atoms with van der Waals surface area (Å²) in [6, 6.07) is 8.37. The van der Waals surface area contributed by atoms with Crippen LogP contribution in [0.1, 0.15) is 11.4 Å². The zero-order valence-corrected chi connectivity index (χ0v) is 16.8. The summed E-state index contributed by atoms with van der Waals surface area (Å²) in [6.45, 7) is 3.22.